The van der Waals surface area contributed by atoms with E-state index in [0.717, 1.165) is 0 Å². The molecule has 1 aliphatic rings. The fourth-order valence-corrected chi connectivity index (χ4v) is 2.28. The van der Waals surface area contributed by atoms with Crippen LogP contribution in [0.4, 0.5) is 10.1 Å². The molecule has 1 heterocycles. The number of carbonyl (C=O) groups is 1. The molecule has 1 saturated heterocycles. The van der Waals surface area contributed by atoms with Crippen molar-refractivity contribution in [3.63, 3.8) is 0 Å². The van der Waals surface area contributed by atoms with E-state index in [1.807, 2.05) is 0 Å². The van der Waals surface area contributed by atoms with Crippen molar-refractivity contribution in [2.24, 2.45) is 0 Å². The zero-order valence-corrected chi connectivity index (χ0v) is 10.6. The van der Waals surface area contributed by atoms with Crippen LogP contribution >= 0.6 is 23.2 Å². The Balaban J connectivity index is 2.17. The van der Waals surface area contributed by atoms with Gasteiger partial charge in [0.15, 0.2) is 5.82 Å². The molecule has 17 heavy (non-hydrogen) atoms. The summed E-state index contributed by atoms with van der Waals surface area (Å²) in [6, 6.07) is 2.56. The van der Waals surface area contributed by atoms with Gasteiger partial charge in [0.1, 0.15) is 6.04 Å². The molecule has 3 nitrogen and oxygen atoms in total. The third-order valence-corrected chi connectivity index (χ3v) is 3.30. The number of rotatable bonds is 2. The van der Waals surface area contributed by atoms with E-state index in [0.29, 0.717) is 18.7 Å². The molecule has 1 atom stereocenters. The molecule has 6 heteroatoms. The van der Waals surface area contributed by atoms with Crippen LogP contribution in [-0.4, -0.2) is 30.4 Å². The van der Waals surface area contributed by atoms with E-state index in [2.05, 4.69) is 5.32 Å². The summed E-state index contributed by atoms with van der Waals surface area (Å²) in [5.74, 6) is -0.629. The fourth-order valence-electron chi connectivity index (χ4n) is 1.80. The van der Waals surface area contributed by atoms with E-state index in [4.69, 9.17) is 23.2 Å². The Kier molecular flexibility index (Phi) is 3.45. The lowest BCUT2D eigenvalue weighted by molar-refractivity contribution is -0.127. The van der Waals surface area contributed by atoms with Crippen molar-refractivity contribution in [1.29, 1.82) is 0 Å². The molecular formula is C11H11Cl2FN2O. The molecule has 0 aromatic heterocycles. The van der Waals surface area contributed by atoms with E-state index >= 15 is 0 Å². The van der Waals surface area contributed by atoms with E-state index in [1.165, 1.54) is 12.1 Å². The number of benzene rings is 1. The average molecular weight is 277 g/mol. The summed E-state index contributed by atoms with van der Waals surface area (Å²) >= 11 is 11.3. The molecule has 92 valence electrons. The molecule has 0 saturated carbocycles. The highest BCUT2D eigenvalue weighted by Gasteiger charge is 2.28. The second-order valence-electron chi connectivity index (χ2n) is 4.00. The van der Waals surface area contributed by atoms with E-state index in [-0.39, 0.29) is 22.0 Å². The van der Waals surface area contributed by atoms with Crippen LogP contribution in [-0.2, 0) is 4.79 Å². The van der Waals surface area contributed by atoms with Gasteiger partial charge in [0.25, 0.3) is 0 Å². The Bertz CT molecular complexity index is 444. The Morgan fingerprint density at radius 3 is 2.47 bits per heavy atom. The van der Waals surface area contributed by atoms with Crippen molar-refractivity contribution < 1.29 is 9.18 Å². The van der Waals surface area contributed by atoms with Gasteiger partial charge in [-0.1, -0.05) is 23.2 Å². The second kappa shape index (κ2) is 4.70. The van der Waals surface area contributed by atoms with Gasteiger partial charge in [0.2, 0.25) is 5.91 Å². The highest BCUT2D eigenvalue weighted by atomic mass is 35.5. The topological polar surface area (TPSA) is 32.3 Å². The molecule has 1 aromatic carbocycles. The first kappa shape index (κ1) is 12.5. The SMILES string of the molecule is CN1CCC(Nc2cc(Cl)c(F)c(Cl)c2)C1=O. The smallest absolute Gasteiger partial charge is 0.244 e. The Morgan fingerprint density at radius 2 is 2.00 bits per heavy atom. The number of nitrogens with one attached hydrogen (secondary N) is 1. The molecule has 1 unspecified atom stereocenters. The van der Waals surface area contributed by atoms with Gasteiger partial charge in [-0.15, -0.1) is 0 Å². The van der Waals surface area contributed by atoms with Crippen LogP contribution in [0, 0.1) is 5.82 Å². The number of nitrogens with zero attached hydrogens (tertiary/aromatic N) is 1. The number of likely N-dealkylation sites (N-methyl/N-ethyl adjacent to an activating group) is 1. The van der Waals surface area contributed by atoms with Crippen LogP contribution in [0.2, 0.25) is 10.0 Å². The summed E-state index contributed by atoms with van der Waals surface area (Å²) in [6.45, 7) is 0.707. The molecule has 0 aliphatic carbocycles. The molecule has 1 fully saturated rings. The maximum Gasteiger partial charge on any atom is 0.244 e. The molecule has 1 amide bonds. The number of likely N-dealkylation sites (tertiary alicyclic amines) is 1. The van der Waals surface area contributed by atoms with E-state index in [1.54, 1.807) is 11.9 Å². The third-order valence-electron chi connectivity index (χ3n) is 2.75. The van der Waals surface area contributed by atoms with E-state index in [9.17, 15) is 9.18 Å². The van der Waals surface area contributed by atoms with Crippen LogP contribution in [0.3, 0.4) is 0 Å². The maximum atomic E-state index is 13.2. The van der Waals surface area contributed by atoms with Crippen LogP contribution in [0.25, 0.3) is 0 Å². The van der Waals surface area contributed by atoms with Crippen molar-refractivity contribution in [1.82, 2.24) is 4.90 Å². The van der Waals surface area contributed by atoms with Crippen molar-refractivity contribution in [3.8, 4) is 0 Å². The summed E-state index contributed by atoms with van der Waals surface area (Å²) in [7, 11) is 1.74. The van der Waals surface area contributed by atoms with Gasteiger partial charge in [-0.2, -0.15) is 0 Å². The van der Waals surface area contributed by atoms with Crippen molar-refractivity contribution in [3.05, 3.63) is 28.0 Å². The number of anilines is 1. The number of halogens is 3. The normalized spacial score (nSPS) is 19.9. The highest BCUT2D eigenvalue weighted by molar-refractivity contribution is 6.35. The first-order valence-corrected chi connectivity index (χ1v) is 5.90. The molecular weight excluding hydrogens is 266 g/mol. The predicted octanol–water partition coefficient (Wildman–Crippen LogP) is 2.78. The van der Waals surface area contributed by atoms with Crippen LogP contribution in [0.5, 0.6) is 0 Å². The molecule has 1 aliphatic heterocycles. The number of carbonyl (C=O) groups excluding carboxylic acids is 1. The summed E-state index contributed by atoms with van der Waals surface area (Å²) in [5, 5.41) is 2.89. The second-order valence-corrected chi connectivity index (χ2v) is 4.81. The molecule has 0 spiro atoms. The zero-order chi connectivity index (χ0) is 12.6. The predicted molar refractivity (Wildman–Crippen MR) is 66.1 cm³/mol. The van der Waals surface area contributed by atoms with Gasteiger partial charge in [0, 0.05) is 19.3 Å². The minimum absolute atomic E-state index is 0.0153. The summed E-state index contributed by atoms with van der Waals surface area (Å²) in [4.78, 5) is 13.3. The quantitative estimate of drug-likeness (QED) is 0.843. The molecule has 0 radical (unpaired) electrons. The highest BCUT2D eigenvalue weighted by Crippen LogP contribution is 2.28. The van der Waals surface area contributed by atoms with Crippen LogP contribution < -0.4 is 5.32 Å². The lowest BCUT2D eigenvalue weighted by atomic mass is 10.2. The van der Waals surface area contributed by atoms with Crippen LogP contribution in [0.15, 0.2) is 12.1 Å². The number of amides is 1. The van der Waals surface area contributed by atoms with Gasteiger partial charge < -0.3 is 10.2 Å². The maximum absolute atomic E-state index is 13.2. The lowest BCUT2D eigenvalue weighted by Crippen LogP contribution is -2.30. The monoisotopic (exact) mass is 276 g/mol. The summed E-state index contributed by atoms with van der Waals surface area (Å²) < 4.78 is 13.2. The van der Waals surface area contributed by atoms with Crippen LogP contribution in [0.1, 0.15) is 6.42 Å². The molecule has 1 aromatic rings. The lowest BCUT2D eigenvalue weighted by Gasteiger charge is -2.14. The summed E-state index contributed by atoms with van der Waals surface area (Å²) in [5.41, 5.74) is 0.551. The number of hydrogen-bond donors (Lipinski definition) is 1. The van der Waals surface area contributed by atoms with Crippen molar-refractivity contribution in [2.45, 2.75) is 12.5 Å². The van der Waals surface area contributed by atoms with Crippen molar-refractivity contribution in [2.75, 3.05) is 18.9 Å². The average Bonchev–Trinajstić information content (AvgIpc) is 2.58. The standard InChI is InChI=1S/C11H11Cl2FN2O/c1-16-3-2-9(11(16)17)15-6-4-7(12)10(14)8(13)5-6/h4-5,9,15H,2-3H2,1H3. The fraction of sp³-hybridized carbons (Fsp3) is 0.364. The first-order chi connectivity index (χ1) is 7.99. The first-order valence-electron chi connectivity index (χ1n) is 5.15. The van der Waals surface area contributed by atoms with Gasteiger partial charge in [-0.05, 0) is 18.6 Å². The van der Waals surface area contributed by atoms with Gasteiger partial charge in [-0.25, -0.2) is 4.39 Å². The van der Waals surface area contributed by atoms with Gasteiger partial charge in [0.05, 0.1) is 10.0 Å². The Labute approximate surface area is 108 Å². The third kappa shape index (κ3) is 2.48. The largest absolute Gasteiger partial charge is 0.374 e. The van der Waals surface area contributed by atoms with Gasteiger partial charge in [-0.3, -0.25) is 4.79 Å². The minimum atomic E-state index is -0.645. The van der Waals surface area contributed by atoms with Gasteiger partial charge >= 0.3 is 0 Å². The zero-order valence-electron chi connectivity index (χ0n) is 9.14. The Hall–Kier alpha value is -1.00. The minimum Gasteiger partial charge on any atom is -0.374 e. The van der Waals surface area contributed by atoms with E-state index < -0.39 is 5.82 Å². The number of hydrogen-bond acceptors (Lipinski definition) is 2. The molecule has 1 N–H and O–H groups in total. The molecule has 2 rings (SSSR count). The molecule has 0 bridgehead atoms. The summed E-state index contributed by atoms with van der Waals surface area (Å²) in [6.07, 6.45) is 0.710. The Morgan fingerprint density at radius 1 is 1.41 bits per heavy atom. The van der Waals surface area contributed by atoms with Crippen molar-refractivity contribution >= 4 is 34.8 Å².